The van der Waals surface area contributed by atoms with E-state index in [0.29, 0.717) is 5.92 Å². The summed E-state index contributed by atoms with van der Waals surface area (Å²) in [6.07, 6.45) is 5.92. The van der Waals surface area contributed by atoms with E-state index in [0.717, 1.165) is 12.5 Å². The van der Waals surface area contributed by atoms with Crippen molar-refractivity contribution in [3.05, 3.63) is 0 Å². The van der Waals surface area contributed by atoms with Gasteiger partial charge in [0.05, 0.1) is 0 Å². The van der Waals surface area contributed by atoms with Crippen molar-refractivity contribution in [2.45, 2.75) is 64.5 Å². The maximum atomic E-state index is 11.8. The Balaban J connectivity index is 1.68. The van der Waals surface area contributed by atoms with E-state index in [-0.39, 0.29) is 11.4 Å². The molecule has 2 rings (SSSR count). The van der Waals surface area contributed by atoms with E-state index >= 15 is 0 Å². The van der Waals surface area contributed by atoms with Crippen LogP contribution in [0.3, 0.4) is 0 Å². The zero-order valence-corrected chi connectivity index (χ0v) is 11.5. The number of amides is 1. The second-order valence-corrected chi connectivity index (χ2v) is 6.71. The minimum atomic E-state index is -0.0915. The van der Waals surface area contributed by atoms with E-state index in [9.17, 15) is 4.79 Å². The van der Waals surface area contributed by atoms with Crippen molar-refractivity contribution in [3.63, 3.8) is 0 Å². The van der Waals surface area contributed by atoms with Crippen LogP contribution in [0.1, 0.15) is 52.9 Å². The lowest BCUT2D eigenvalue weighted by Gasteiger charge is -2.32. The molecule has 1 heterocycles. The van der Waals surface area contributed by atoms with Gasteiger partial charge in [-0.25, -0.2) is 0 Å². The quantitative estimate of drug-likeness (QED) is 0.817. The molecule has 0 aromatic carbocycles. The maximum Gasteiger partial charge on any atom is 0.220 e. The second kappa shape index (κ2) is 4.97. The minimum Gasteiger partial charge on any atom is -0.352 e. The zero-order valence-electron chi connectivity index (χ0n) is 11.5. The van der Waals surface area contributed by atoms with Crippen LogP contribution in [0.25, 0.3) is 0 Å². The third-order valence-electron chi connectivity index (χ3n) is 3.70. The highest BCUT2D eigenvalue weighted by atomic mass is 16.1. The van der Waals surface area contributed by atoms with Crippen LogP contribution in [0.4, 0.5) is 0 Å². The molecule has 2 aliphatic rings. The standard InChI is InChI=1S/C14H26N2O/c1-14(2,3)15-13(17)10-11-6-8-16(9-7-11)12-4-5-12/h11-12H,4-10H2,1-3H3,(H,15,17). The summed E-state index contributed by atoms with van der Waals surface area (Å²) in [5.41, 5.74) is -0.0915. The molecule has 0 aromatic heterocycles. The summed E-state index contributed by atoms with van der Waals surface area (Å²) in [7, 11) is 0. The molecule has 3 nitrogen and oxygen atoms in total. The van der Waals surface area contributed by atoms with Crippen molar-refractivity contribution in [2.75, 3.05) is 13.1 Å². The number of nitrogens with zero attached hydrogens (tertiary/aromatic N) is 1. The van der Waals surface area contributed by atoms with Gasteiger partial charge in [0.1, 0.15) is 0 Å². The summed E-state index contributed by atoms with van der Waals surface area (Å²) in [6.45, 7) is 8.54. The van der Waals surface area contributed by atoms with E-state index in [1.54, 1.807) is 0 Å². The summed E-state index contributed by atoms with van der Waals surface area (Å²) in [5.74, 6) is 0.828. The van der Waals surface area contributed by atoms with Crippen LogP contribution in [0.2, 0.25) is 0 Å². The van der Waals surface area contributed by atoms with Crippen molar-refractivity contribution >= 4 is 5.91 Å². The number of nitrogens with one attached hydrogen (secondary N) is 1. The van der Waals surface area contributed by atoms with Gasteiger partial charge < -0.3 is 10.2 Å². The average molecular weight is 238 g/mol. The summed E-state index contributed by atoms with van der Waals surface area (Å²) < 4.78 is 0. The zero-order chi connectivity index (χ0) is 12.5. The fourth-order valence-corrected chi connectivity index (χ4v) is 2.69. The summed E-state index contributed by atoms with van der Waals surface area (Å²) in [4.78, 5) is 14.4. The molecule has 1 amide bonds. The minimum absolute atomic E-state index is 0.0915. The Bertz CT molecular complexity index is 270. The molecular weight excluding hydrogens is 212 g/mol. The molecule has 0 atom stereocenters. The molecule has 3 heteroatoms. The van der Waals surface area contributed by atoms with Gasteiger partial charge in [0, 0.05) is 18.0 Å². The van der Waals surface area contributed by atoms with E-state index < -0.39 is 0 Å². The highest BCUT2D eigenvalue weighted by Crippen LogP contribution is 2.31. The summed E-state index contributed by atoms with van der Waals surface area (Å²) in [6, 6.07) is 0.888. The highest BCUT2D eigenvalue weighted by molar-refractivity contribution is 5.76. The van der Waals surface area contributed by atoms with Crippen LogP contribution in [0.15, 0.2) is 0 Å². The number of piperidine rings is 1. The molecule has 1 aliphatic carbocycles. The first-order valence-electron chi connectivity index (χ1n) is 6.99. The predicted octanol–water partition coefficient (Wildman–Crippen LogP) is 2.17. The van der Waals surface area contributed by atoms with Crippen LogP contribution in [-0.4, -0.2) is 35.5 Å². The van der Waals surface area contributed by atoms with Crippen LogP contribution >= 0.6 is 0 Å². The lowest BCUT2D eigenvalue weighted by atomic mass is 9.92. The van der Waals surface area contributed by atoms with Gasteiger partial charge in [0.2, 0.25) is 5.91 Å². The Kier molecular flexibility index (Phi) is 3.76. The van der Waals surface area contributed by atoms with Crippen molar-refractivity contribution in [3.8, 4) is 0 Å². The van der Waals surface area contributed by atoms with E-state index in [4.69, 9.17) is 0 Å². The summed E-state index contributed by atoms with van der Waals surface area (Å²) >= 11 is 0. The smallest absolute Gasteiger partial charge is 0.220 e. The Labute approximate surface area is 105 Å². The van der Waals surface area contributed by atoms with Gasteiger partial charge in [0.25, 0.3) is 0 Å². The monoisotopic (exact) mass is 238 g/mol. The summed E-state index contributed by atoms with van der Waals surface area (Å²) in [5, 5.41) is 3.06. The van der Waals surface area contributed by atoms with Gasteiger partial charge in [0.15, 0.2) is 0 Å². The van der Waals surface area contributed by atoms with Crippen LogP contribution in [0.5, 0.6) is 0 Å². The van der Waals surface area contributed by atoms with Crippen LogP contribution < -0.4 is 5.32 Å². The molecule has 0 spiro atoms. The van der Waals surface area contributed by atoms with Gasteiger partial charge in [-0.1, -0.05) is 0 Å². The van der Waals surface area contributed by atoms with Gasteiger partial charge in [-0.15, -0.1) is 0 Å². The van der Waals surface area contributed by atoms with Crippen molar-refractivity contribution in [1.82, 2.24) is 10.2 Å². The number of carbonyl (C=O) groups is 1. The Morgan fingerprint density at radius 2 is 1.76 bits per heavy atom. The Hall–Kier alpha value is -0.570. The topological polar surface area (TPSA) is 32.3 Å². The van der Waals surface area contributed by atoms with Crippen molar-refractivity contribution in [1.29, 1.82) is 0 Å². The van der Waals surface area contributed by atoms with Gasteiger partial charge in [-0.3, -0.25) is 4.79 Å². The van der Waals surface area contributed by atoms with E-state index in [1.807, 2.05) is 20.8 Å². The molecule has 2 fully saturated rings. The Morgan fingerprint density at radius 1 is 1.18 bits per heavy atom. The number of likely N-dealkylation sites (tertiary alicyclic amines) is 1. The first-order valence-corrected chi connectivity index (χ1v) is 6.99. The predicted molar refractivity (Wildman–Crippen MR) is 69.8 cm³/mol. The van der Waals surface area contributed by atoms with E-state index in [2.05, 4.69) is 10.2 Å². The second-order valence-electron chi connectivity index (χ2n) is 6.71. The third kappa shape index (κ3) is 4.30. The molecule has 0 bridgehead atoms. The lowest BCUT2D eigenvalue weighted by Crippen LogP contribution is -2.42. The fraction of sp³-hybridized carbons (Fsp3) is 0.929. The number of hydrogen-bond donors (Lipinski definition) is 1. The van der Waals surface area contributed by atoms with Crippen molar-refractivity contribution < 1.29 is 4.79 Å². The molecule has 98 valence electrons. The third-order valence-corrected chi connectivity index (χ3v) is 3.70. The van der Waals surface area contributed by atoms with Crippen molar-refractivity contribution in [2.24, 2.45) is 5.92 Å². The van der Waals surface area contributed by atoms with Crippen LogP contribution in [-0.2, 0) is 4.79 Å². The van der Waals surface area contributed by atoms with Crippen LogP contribution in [0, 0.1) is 5.92 Å². The molecule has 0 aromatic rings. The van der Waals surface area contributed by atoms with Gasteiger partial charge >= 0.3 is 0 Å². The molecule has 0 unspecified atom stereocenters. The molecule has 1 N–H and O–H groups in total. The lowest BCUT2D eigenvalue weighted by molar-refractivity contribution is -0.123. The first kappa shape index (κ1) is 12.9. The molecule has 1 saturated carbocycles. The molecule has 1 aliphatic heterocycles. The highest BCUT2D eigenvalue weighted by Gasteiger charge is 2.32. The number of carbonyl (C=O) groups excluding carboxylic acids is 1. The molecular formula is C14H26N2O. The molecule has 0 radical (unpaired) electrons. The number of hydrogen-bond acceptors (Lipinski definition) is 2. The maximum absolute atomic E-state index is 11.8. The van der Waals surface area contributed by atoms with Gasteiger partial charge in [-0.05, 0) is 65.5 Å². The van der Waals surface area contributed by atoms with Gasteiger partial charge in [-0.2, -0.15) is 0 Å². The largest absolute Gasteiger partial charge is 0.352 e. The average Bonchev–Trinajstić information content (AvgIpc) is 2.99. The molecule has 1 saturated heterocycles. The Morgan fingerprint density at radius 3 is 2.24 bits per heavy atom. The molecule has 17 heavy (non-hydrogen) atoms. The fourth-order valence-electron chi connectivity index (χ4n) is 2.69. The number of rotatable bonds is 3. The first-order chi connectivity index (χ1) is 7.94. The van der Waals surface area contributed by atoms with E-state index in [1.165, 1.54) is 38.8 Å². The SMILES string of the molecule is CC(C)(C)NC(=O)CC1CCN(C2CC2)CC1. The normalized spacial score (nSPS) is 23.7.